The molecule has 0 saturated carbocycles. The van der Waals surface area contributed by atoms with Crippen LogP contribution >= 0.6 is 0 Å². The number of halogens is 4. The number of hydrogen-bond acceptors (Lipinski definition) is 1. The maximum Gasteiger partial charge on any atom is 0.416 e. The average Bonchev–Trinajstić information content (AvgIpc) is 2.45. The van der Waals surface area contributed by atoms with Crippen molar-refractivity contribution in [3.05, 3.63) is 65.0 Å². The van der Waals surface area contributed by atoms with Crippen LogP contribution in [0.15, 0.2) is 42.5 Å². The Balaban J connectivity index is 2.35. The summed E-state index contributed by atoms with van der Waals surface area (Å²) in [4.78, 5) is 0. The number of fused-ring (bicyclic) bond motifs is 1. The van der Waals surface area contributed by atoms with Crippen molar-refractivity contribution in [2.45, 2.75) is 32.5 Å². The van der Waals surface area contributed by atoms with Gasteiger partial charge in [0, 0.05) is 11.3 Å². The first kappa shape index (κ1) is 16.6. The van der Waals surface area contributed by atoms with Gasteiger partial charge >= 0.3 is 6.18 Å². The van der Waals surface area contributed by atoms with Gasteiger partial charge < -0.3 is 5.32 Å². The highest BCUT2D eigenvalue weighted by molar-refractivity contribution is 6.01. The number of allylic oxidation sites excluding steroid dienone is 1. The molecule has 0 unspecified atom stereocenters. The Morgan fingerprint density at radius 2 is 1.62 bits per heavy atom. The van der Waals surface area contributed by atoms with Gasteiger partial charge in [0.2, 0.25) is 0 Å². The Labute approximate surface area is 138 Å². The van der Waals surface area contributed by atoms with E-state index in [9.17, 15) is 17.6 Å². The fourth-order valence-corrected chi connectivity index (χ4v) is 3.49. The first-order valence-electron chi connectivity index (χ1n) is 7.58. The van der Waals surface area contributed by atoms with Gasteiger partial charge in [0.1, 0.15) is 5.82 Å². The van der Waals surface area contributed by atoms with E-state index in [0.717, 1.165) is 6.07 Å². The molecule has 2 aromatic carbocycles. The first-order chi connectivity index (χ1) is 11.1. The summed E-state index contributed by atoms with van der Waals surface area (Å²) in [5.41, 5.74) is 0.473. The first-order valence-corrected chi connectivity index (χ1v) is 7.58. The van der Waals surface area contributed by atoms with Gasteiger partial charge in [-0.3, -0.25) is 0 Å². The minimum atomic E-state index is -4.48. The van der Waals surface area contributed by atoms with Gasteiger partial charge in [0.25, 0.3) is 0 Å². The van der Waals surface area contributed by atoms with Crippen molar-refractivity contribution in [2.75, 3.05) is 5.32 Å². The van der Waals surface area contributed by atoms with Crippen LogP contribution in [-0.2, 0) is 6.18 Å². The van der Waals surface area contributed by atoms with E-state index in [0.29, 0.717) is 22.4 Å². The van der Waals surface area contributed by atoms with Crippen LogP contribution in [0.3, 0.4) is 0 Å². The summed E-state index contributed by atoms with van der Waals surface area (Å²) in [5.74, 6) is -0.449. The lowest BCUT2D eigenvalue weighted by molar-refractivity contribution is -0.137. The molecule has 24 heavy (non-hydrogen) atoms. The molecule has 1 aliphatic rings. The van der Waals surface area contributed by atoms with Crippen molar-refractivity contribution < 1.29 is 17.6 Å². The molecule has 5 heteroatoms. The molecule has 0 saturated heterocycles. The third-order valence-electron chi connectivity index (χ3n) is 4.34. The number of nitrogens with one attached hydrogen (secondary N) is 1. The molecule has 0 bridgehead atoms. The SMILES string of the molecule is CC1=C(c2ccccc2C(F)(F)F)C(C)(C)Nc2cccc(F)c21. The van der Waals surface area contributed by atoms with Gasteiger partial charge in [-0.2, -0.15) is 13.2 Å². The summed E-state index contributed by atoms with van der Waals surface area (Å²) in [6, 6.07) is 10.1. The van der Waals surface area contributed by atoms with Gasteiger partial charge in [-0.05, 0) is 55.7 Å². The summed E-state index contributed by atoms with van der Waals surface area (Å²) < 4.78 is 54.6. The second-order valence-corrected chi connectivity index (χ2v) is 6.46. The fraction of sp³-hybridized carbons (Fsp3) is 0.263. The minimum absolute atomic E-state index is 0.0777. The zero-order chi connectivity index (χ0) is 17.7. The maximum atomic E-state index is 14.3. The second kappa shape index (κ2) is 5.36. The minimum Gasteiger partial charge on any atom is -0.375 e. The van der Waals surface area contributed by atoms with Crippen molar-refractivity contribution >= 4 is 16.8 Å². The quantitative estimate of drug-likeness (QED) is 0.632. The summed E-state index contributed by atoms with van der Waals surface area (Å²) in [6.45, 7) is 5.27. The van der Waals surface area contributed by atoms with Gasteiger partial charge in [-0.1, -0.05) is 24.3 Å². The molecule has 3 rings (SSSR count). The van der Waals surface area contributed by atoms with E-state index in [2.05, 4.69) is 5.32 Å². The van der Waals surface area contributed by atoms with Crippen LogP contribution in [0.2, 0.25) is 0 Å². The van der Waals surface area contributed by atoms with Crippen molar-refractivity contribution in [2.24, 2.45) is 0 Å². The van der Waals surface area contributed by atoms with Crippen LogP contribution in [0.25, 0.3) is 11.1 Å². The summed E-state index contributed by atoms with van der Waals surface area (Å²) in [6.07, 6.45) is -4.48. The standard InChI is InChI=1S/C19H17F4N/c1-11-16-14(20)9-6-10-15(16)24-18(2,3)17(11)12-7-4-5-8-13(12)19(21,22)23/h4-10,24H,1-3H3. The largest absolute Gasteiger partial charge is 0.416 e. The molecule has 0 atom stereocenters. The van der Waals surface area contributed by atoms with Crippen LogP contribution in [0.5, 0.6) is 0 Å². The third kappa shape index (κ3) is 2.58. The van der Waals surface area contributed by atoms with E-state index >= 15 is 0 Å². The molecule has 2 aromatic rings. The van der Waals surface area contributed by atoms with E-state index < -0.39 is 23.1 Å². The molecule has 0 radical (unpaired) electrons. The van der Waals surface area contributed by atoms with Crippen LogP contribution in [-0.4, -0.2) is 5.54 Å². The van der Waals surface area contributed by atoms with Crippen molar-refractivity contribution in [3.8, 4) is 0 Å². The topological polar surface area (TPSA) is 12.0 Å². The number of benzene rings is 2. The predicted molar refractivity (Wildman–Crippen MR) is 88.0 cm³/mol. The molecular formula is C19H17F4N. The number of hydrogen-bond donors (Lipinski definition) is 1. The molecule has 0 spiro atoms. The zero-order valence-electron chi connectivity index (χ0n) is 13.6. The molecule has 1 aliphatic heterocycles. The van der Waals surface area contributed by atoms with Gasteiger partial charge in [-0.15, -0.1) is 0 Å². The van der Waals surface area contributed by atoms with Crippen LogP contribution in [0.1, 0.15) is 37.5 Å². The Morgan fingerprint density at radius 3 is 2.29 bits per heavy atom. The molecule has 1 heterocycles. The molecule has 0 aromatic heterocycles. The van der Waals surface area contributed by atoms with E-state index in [4.69, 9.17) is 0 Å². The number of alkyl halides is 3. The fourth-order valence-electron chi connectivity index (χ4n) is 3.49. The van der Waals surface area contributed by atoms with Crippen molar-refractivity contribution in [1.29, 1.82) is 0 Å². The van der Waals surface area contributed by atoms with E-state index in [1.165, 1.54) is 18.2 Å². The molecule has 0 aliphatic carbocycles. The molecule has 126 valence electrons. The van der Waals surface area contributed by atoms with E-state index in [-0.39, 0.29) is 5.56 Å². The van der Waals surface area contributed by atoms with Crippen LogP contribution < -0.4 is 5.32 Å². The predicted octanol–water partition coefficient (Wildman–Crippen LogP) is 5.98. The second-order valence-electron chi connectivity index (χ2n) is 6.46. The molecule has 0 fully saturated rings. The highest BCUT2D eigenvalue weighted by atomic mass is 19.4. The van der Waals surface area contributed by atoms with Crippen LogP contribution in [0, 0.1) is 5.82 Å². The average molecular weight is 335 g/mol. The Kier molecular flexibility index (Phi) is 3.70. The van der Waals surface area contributed by atoms with Crippen LogP contribution in [0.4, 0.5) is 23.2 Å². The zero-order valence-corrected chi connectivity index (χ0v) is 13.6. The highest BCUT2D eigenvalue weighted by Crippen LogP contribution is 2.47. The highest BCUT2D eigenvalue weighted by Gasteiger charge is 2.39. The molecule has 0 amide bonds. The third-order valence-corrected chi connectivity index (χ3v) is 4.34. The van der Waals surface area contributed by atoms with Crippen molar-refractivity contribution in [1.82, 2.24) is 0 Å². The molecule has 1 N–H and O–H groups in total. The Bertz CT molecular complexity index is 832. The van der Waals surface area contributed by atoms with Gasteiger partial charge in [0.15, 0.2) is 0 Å². The summed E-state index contributed by atoms with van der Waals surface area (Å²) >= 11 is 0. The smallest absolute Gasteiger partial charge is 0.375 e. The Morgan fingerprint density at radius 1 is 0.958 bits per heavy atom. The van der Waals surface area contributed by atoms with Gasteiger partial charge in [-0.25, -0.2) is 4.39 Å². The Hall–Kier alpha value is -2.30. The monoisotopic (exact) mass is 335 g/mol. The summed E-state index contributed by atoms with van der Waals surface area (Å²) in [7, 11) is 0. The lowest BCUT2D eigenvalue weighted by Crippen LogP contribution is -2.37. The number of rotatable bonds is 1. The molecular weight excluding hydrogens is 318 g/mol. The van der Waals surface area contributed by atoms with E-state index in [1.807, 2.05) is 0 Å². The molecule has 1 nitrogen and oxygen atoms in total. The maximum absolute atomic E-state index is 14.3. The summed E-state index contributed by atoms with van der Waals surface area (Å²) in [5, 5.41) is 3.17. The normalized spacial score (nSPS) is 16.6. The lowest BCUT2D eigenvalue weighted by Gasteiger charge is -2.38. The number of anilines is 1. The van der Waals surface area contributed by atoms with E-state index in [1.54, 1.807) is 39.0 Å². The van der Waals surface area contributed by atoms with Crippen molar-refractivity contribution in [3.63, 3.8) is 0 Å². The lowest BCUT2D eigenvalue weighted by atomic mass is 9.77. The van der Waals surface area contributed by atoms with Gasteiger partial charge in [0.05, 0.1) is 11.1 Å².